The van der Waals surface area contributed by atoms with E-state index < -0.39 is 5.97 Å². The highest BCUT2D eigenvalue weighted by molar-refractivity contribution is 5.72. The van der Waals surface area contributed by atoms with E-state index >= 15 is 0 Å². The summed E-state index contributed by atoms with van der Waals surface area (Å²) in [7, 11) is 0. The van der Waals surface area contributed by atoms with Gasteiger partial charge >= 0.3 is 5.97 Å². The van der Waals surface area contributed by atoms with Gasteiger partial charge in [0.1, 0.15) is 0 Å². The molecule has 0 spiro atoms. The molecule has 1 aromatic carbocycles. The van der Waals surface area contributed by atoms with Gasteiger partial charge in [-0.3, -0.25) is 9.59 Å². The van der Waals surface area contributed by atoms with Crippen molar-refractivity contribution in [2.45, 2.75) is 26.3 Å². The van der Waals surface area contributed by atoms with Gasteiger partial charge in [0.05, 0.1) is 0 Å². The molecule has 1 rings (SSSR count). The van der Waals surface area contributed by atoms with Crippen LogP contribution >= 0.6 is 0 Å². The summed E-state index contributed by atoms with van der Waals surface area (Å²) in [6.45, 7) is 1.98. The number of aryl methyl sites for hydroxylation is 1. The average Bonchev–Trinajstić information content (AvgIpc) is 2.25. The molecule has 0 saturated heterocycles. The molecule has 0 heterocycles. The smallest absolute Gasteiger partial charge is 0.303 e. The Morgan fingerprint density at radius 1 is 1.19 bits per heavy atom. The largest absolute Gasteiger partial charge is 0.481 e. The third kappa shape index (κ3) is 4.59. The molecular formula is C12H15NO3. The number of hydrogen-bond acceptors (Lipinski definition) is 2. The van der Waals surface area contributed by atoms with E-state index in [9.17, 15) is 9.59 Å². The number of nitrogens with one attached hydrogen (secondary N) is 1. The van der Waals surface area contributed by atoms with Crippen LogP contribution in [0.15, 0.2) is 24.3 Å². The first-order chi connectivity index (χ1) is 7.58. The van der Waals surface area contributed by atoms with E-state index in [1.807, 2.05) is 24.3 Å². The van der Waals surface area contributed by atoms with Gasteiger partial charge in [-0.1, -0.05) is 24.3 Å². The minimum absolute atomic E-state index is 0.0602. The maximum atomic E-state index is 10.7. The van der Waals surface area contributed by atoms with E-state index in [0.29, 0.717) is 13.0 Å². The highest BCUT2D eigenvalue weighted by atomic mass is 16.4. The number of hydrogen-bond donors (Lipinski definition) is 2. The standard InChI is InChI=1S/C12H15NO3/c1-9(14)13-8-11-4-2-10(3-5-11)6-7-12(15)16/h2-5H,6-8H2,1H3,(H,13,14)(H,15,16). The summed E-state index contributed by atoms with van der Waals surface area (Å²) >= 11 is 0. The fourth-order valence-electron chi connectivity index (χ4n) is 1.30. The van der Waals surface area contributed by atoms with Gasteiger partial charge in [0.2, 0.25) is 5.91 Å². The van der Waals surface area contributed by atoms with Gasteiger partial charge in [0, 0.05) is 19.9 Å². The predicted octanol–water partition coefficient (Wildman–Crippen LogP) is 1.34. The first-order valence-electron chi connectivity index (χ1n) is 5.12. The van der Waals surface area contributed by atoms with Crippen LogP contribution in [0.3, 0.4) is 0 Å². The maximum Gasteiger partial charge on any atom is 0.303 e. The Morgan fingerprint density at radius 2 is 1.75 bits per heavy atom. The Balaban J connectivity index is 2.47. The summed E-state index contributed by atoms with van der Waals surface area (Å²) in [6.07, 6.45) is 0.681. The summed E-state index contributed by atoms with van der Waals surface area (Å²) in [5, 5.41) is 11.2. The summed E-state index contributed by atoms with van der Waals surface area (Å²) in [4.78, 5) is 21.1. The highest BCUT2D eigenvalue weighted by Gasteiger charge is 1.99. The van der Waals surface area contributed by atoms with Crippen LogP contribution in [-0.4, -0.2) is 17.0 Å². The SMILES string of the molecule is CC(=O)NCc1ccc(CCC(=O)O)cc1. The number of carboxylic acids is 1. The number of carbonyl (C=O) groups excluding carboxylic acids is 1. The molecule has 0 aliphatic rings. The van der Waals surface area contributed by atoms with E-state index in [1.165, 1.54) is 6.92 Å². The van der Waals surface area contributed by atoms with Crippen LogP contribution in [0.5, 0.6) is 0 Å². The second-order valence-electron chi connectivity index (χ2n) is 3.62. The van der Waals surface area contributed by atoms with Gasteiger partial charge in [0.15, 0.2) is 0 Å². The van der Waals surface area contributed by atoms with Gasteiger partial charge in [0.25, 0.3) is 0 Å². The van der Waals surface area contributed by atoms with Gasteiger partial charge in [-0.2, -0.15) is 0 Å². The Bertz CT molecular complexity index is 333. The van der Waals surface area contributed by atoms with Crippen LogP contribution in [-0.2, 0) is 22.6 Å². The van der Waals surface area contributed by atoms with E-state index in [1.54, 1.807) is 0 Å². The number of carbonyl (C=O) groups is 2. The minimum atomic E-state index is -0.790. The zero-order valence-electron chi connectivity index (χ0n) is 9.19. The first kappa shape index (κ1) is 12.2. The number of rotatable bonds is 5. The molecule has 4 heteroatoms. The van der Waals surface area contributed by atoms with Gasteiger partial charge in [-0.25, -0.2) is 0 Å². The van der Waals surface area contributed by atoms with Crippen molar-refractivity contribution in [3.63, 3.8) is 0 Å². The topological polar surface area (TPSA) is 66.4 Å². The highest BCUT2D eigenvalue weighted by Crippen LogP contribution is 2.06. The lowest BCUT2D eigenvalue weighted by atomic mass is 10.1. The summed E-state index contributed by atoms with van der Waals surface area (Å²) in [5.41, 5.74) is 2.00. The Hall–Kier alpha value is -1.84. The molecule has 86 valence electrons. The molecule has 0 aliphatic heterocycles. The molecule has 0 unspecified atom stereocenters. The molecule has 16 heavy (non-hydrogen) atoms. The van der Waals surface area contributed by atoms with Crippen LogP contribution in [0.25, 0.3) is 0 Å². The number of carboxylic acid groups (broad SMARTS) is 1. The summed E-state index contributed by atoms with van der Waals surface area (Å²) in [5.74, 6) is -0.850. The Morgan fingerprint density at radius 3 is 2.25 bits per heavy atom. The molecule has 0 aromatic heterocycles. The molecule has 0 saturated carbocycles. The molecule has 1 aromatic rings. The zero-order valence-corrected chi connectivity index (χ0v) is 9.19. The lowest BCUT2D eigenvalue weighted by Crippen LogP contribution is -2.18. The Labute approximate surface area is 94.3 Å². The van der Waals surface area contributed by atoms with Crippen LogP contribution in [0.1, 0.15) is 24.5 Å². The molecule has 0 radical (unpaired) electrons. The van der Waals surface area contributed by atoms with Gasteiger partial charge in [-0.15, -0.1) is 0 Å². The lowest BCUT2D eigenvalue weighted by Gasteiger charge is -2.04. The van der Waals surface area contributed by atoms with Crippen LogP contribution in [0, 0.1) is 0 Å². The lowest BCUT2D eigenvalue weighted by molar-refractivity contribution is -0.137. The van der Waals surface area contributed by atoms with Crippen molar-refractivity contribution in [1.82, 2.24) is 5.32 Å². The average molecular weight is 221 g/mol. The van der Waals surface area contributed by atoms with Crippen LogP contribution < -0.4 is 5.32 Å². The Kier molecular flexibility index (Phi) is 4.51. The first-order valence-corrected chi connectivity index (χ1v) is 5.12. The number of amides is 1. The van der Waals surface area contributed by atoms with Crippen molar-refractivity contribution in [3.8, 4) is 0 Å². The molecule has 2 N–H and O–H groups in total. The van der Waals surface area contributed by atoms with E-state index in [2.05, 4.69) is 5.32 Å². The molecular weight excluding hydrogens is 206 g/mol. The molecule has 0 bridgehead atoms. The van der Waals surface area contributed by atoms with Gasteiger partial charge < -0.3 is 10.4 Å². The number of aliphatic carboxylic acids is 1. The normalized spacial score (nSPS) is 9.81. The minimum Gasteiger partial charge on any atom is -0.481 e. The van der Waals surface area contributed by atoms with Crippen molar-refractivity contribution in [3.05, 3.63) is 35.4 Å². The summed E-state index contributed by atoms with van der Waals surface area (Å²) in [6, 6.07) is 7.57. The third-order valence-electron chi connectivity index (χ3n) is 2.19. The third-order valence-corrected chi connectivity index (χ3v) is 2.19. The van der Waals surface area contributed by atoms with Gasteiger partial charge in [-0.05, 0) is 17.5 Å². The predicted molar refractivity (Wildman–Crippen MR) is 59.9 cm³/mol. The molecule has 4 nitrogen and oxygen atoms in total. The van der Waals surface area contributed by atoms with Crippen molar-refractivity contribution in [2.24, 2.45) is 0 Å². The number of benzene rings is 1. The quantitative estimate of drug-likeness (QED) is 0.788. The maximum absolute atomic E-state index is 10.7. The van der Waals surface area contributed by atoms with Crippen molar-refractivity contribution in [2.75, 3.05) is 0 Å². The zero-order chi connectivity index (χ0) is 12.0. The van der Waals surface area contributed by atoms with Crippen molar-refractivity contribution >= 4 is 11.9 Å². The molecule has 0 fully saturated rings. The molecule has 0 aliphatic carbocycles. The monoisotopic (exact) mass is 221 g/mol. The fourth-order valence-corrected chi connectivity index (χ4v) is 1.30. The van der Waals surface area contributed by atoms with Crippen molar-refractivity contribution in [1.29, 1.82) is 0 Å². The second kappa shape index (κ2) is 5.90. The van der Waals surface area contributed by atoms with Crippen LogP contribution in [0.2, 0.25) is 0 Å². The summed E-state index contributed by atoms with van der Waals surface area (Å²) < 4.78 is 0. The fraction of sp³-hybridized carbons (Fsp3) is 0.333. The second-order valence-corrected chi connectivity index (χ2v) is 3.62. The molecule has 1 amide bonds. The van der Waals surface area contributed by atoms with E-state index in [0.717, 1.165) is 11.1 Å². The van der Waals surface area contributed by atoms with E-state index in [-0.39, 0.29) is 12.3 Å². The van der Waals surface area contributed by atoms with E-state index in [4.69, 9.17) is 5.11 Å². The van der Waals surface area contributed by atoms with Crippen molar-refractivity contribution < 1.29 is 14.7 Å². The van der Waals surface area contributed by atoms with Crippen LogP contribution in [0.4, 0.5) is 0 Å². The molecule has 0 atom stereocenters.